The van der Waals surface area contributed by atoms with Gasteiger partial charge in [-0.3, -0.25) is 4.79 Å². The lowest BCUT2D eigenvalue weighted by Gasteiger charge is -2.36. The quantitative estimate of drug-likeness (QED) is 0.770. The van der Waals surface area contributed by atoms with Gasteiger partial charge in [0.25, 0.3) is 0 Å². The summed E-state index contributed by atoms with van der Waals surface area (Å²) in [5.74, 6) is 1.28. The predicted molar refractivity (Wildman–Crippen MR) is 103 cm³/mol. The third kappa shape index (κ3) is 4.09. The van der Waals surface area contributed by atoms with Gasteiger partial charge in [0.05, 0.1) is 10.9 Å². The number of rotatable bonds is 4. The number of likely N-dealkylation sites (tertiary alicyclic amines) is 1. The molecule has 0 bridgehead atoms. The normalized spacial score (nSPS) is 21.7. The van der Waals surface area contributed by atoms with Gasteiger partial charge in [-0.2, -0.15) is 4.68 Å². The highest BCUT2D eigenvalue weighted by Gasteiger charge is 2.29. The number of aromatic nitrogens is 4. The number of piperidine rings is 1. The van der Waals surface area contributed by atoms with Crippen molar-refractivity contribution in [1.82, 2.24) is 25.1 Å². The van der Waals surface area contributed by atoms with Gasteiger partial charge in [0, 0.05) is 13.1 Å². The van der Waals surface area contributed by atoms with Gasteiger partial charge in [-0.05, 0) is 66.6 Å². The van der Waals surface area contributed by atoms with Crippen molar-refractivity contribution < 1.29 is 4.79 Å². The molecule has 1 fully saturated rings. The van der Waals surface area contributed by atoms with E-state index in [4.69, 9.17) is 0 Å². The summed E-state index contributed by atoms with van der Waals surface area (Å²) in [4.78, 5) is 14.9. The Morgan fingerprint density at radius 1 is 1.23 bits per heavy atom. The Morgan fingerprint density at radius 2 is 1.92 bits per heavy atom. The first-order valence-electron chi connectivity index (χ1n) is 9.16. The van der Waals surface area contributed by atoms with Crippen LogP contribution in [0.2, 0.25) is 0 Å². The third-order valence-corrected chi connectivity index (χ3v) is 5.86. The molecular formula is C19H27N5OS. The first kappa shape index (κ1) is 18.9. The molecule has 2 heterocycles. The summed E-state index contributed by atoms with van der Waals surface area (Å²) in [6.07, 6.45) is 1.19. The fraction of sp³-hybridized carbons (Fsp3) is 0.579. The molecule has 7 heteroatoms. The molecule has 3 atom stereocenters. The van der Waals surface area contributed by atoms with Crippen molar-refractivity contribution in [3.63, 3.8) is 0 Å². The number of aryl methyl sites for hydroxylation is 2. The maximum absolute atomic E-state index is 12.9. The Balaban J connectivity index is 1.76. The van der Waals surface area contributed by atoms with Crippen LogP contribution in [0.5, 0.6) is 0 Å². The van der Waals surface area contributed by atoms with Crippen molar-refractivity contribution in [3.8, 4) is 5.69 Å². The van der Waals surface area contributed by atoms with Crippen LogP contribution in [-0.4, -0.2) is 49.4 Å². The van der Waals surface area contributed by atoms with E-state index in [2.05, 4.69) is 47.6 Å². The van der Waals surface area contributed by atoms with Gasteiger partial charge in [0.15, 0.2) is 0 Å². The molecule has 1 aromatic carbocycles. The summed E-state index contributed by atoms with van der Waals surface area (Å²) in [5.41, 5.74) is 3.21. The summed E-state index contributed by atoms with van der Waals surface area (Å²) in [6, 6.07) is 6.20. The number of amides is 1. The second-order valence-electron chi connectivity index (χ2n) is 7.61. The van der Waals surface area contributed by atoms with Crippen LogP contribution in [0.3, 0.4) is 0 Å². The minimum absolute atomic E-state index is 0.170. The molecule has 140 valence electrons. The Hall–Kier alpha value is -1.89. The molecule has 1 amide bonds. The SMILES string of the molecule is Cc1ccc(C)c(-n2nnnc2S[C@H](C)C(=O)N2C[C@@H](C)C[C@H](C)C2)c1. The fourth-order valence-electron chi connectivity index (χ4n) is 3.66. The van der Waals surface area contributed by atoms with E-state index in [1.165, 1.54) is 18.2 Å². The standard InChI is InChI=1S/C19H27N5OS/c1-12-6-7-15(4)17(9-12)24-19(20-21-22-24)26-16(5)18(25)23-10-13(2)8-14(3)11-23/h6-7,9,13-14,16H,8,10-11H2,1-5H3/t13-,14-,16+/m0/s1. The van der Waals surface area contributed by atoms with Crippen molar-refractivity contribution in [1.29, 1.82) is 0 Å². The summed E-state index contributed by atoms with van der Waals surface area (Å²) < 4.78 is 1.73. The molecule has 0 spiro atoms. The molecule has 26 heavy (non-hydrogen) atoms. The largest absolute Gasteiger partial charge is 0.341 e. The van der Waals surface area contributed by atoms with Gasteiger partial charge in [0.1, 0.15) is 0 Å². The Bertz CT molecular complexity index is 780. The highest BCUT2D eigenvalue weighted by atomic mass is 32.2. The molecule has 0 saturated carbocycles. The molecule has 0 aliphatic carbocycles. The lowest BCUT2D eigenvalue weighted by molar-refractivity contribution is -0.132. The molecule has 1 saturated heterocycles. The number of carbonyl (C=O) groups is 1. The maximum Gasteiger partial charge on any atom is 0.235 e. The highest BCUT2D eigenvalue weighted by molar-refractivity contribution is 8.00. The van der Waals surface area contributed by atoms with Crippen LogP contribution in [0.25, 0.3) is 5.69 Å². The Kier molecular flexibility index (Phi) is 5.65. The van der Waals surface area contributed by atoms with Crippen LogP contribution < -0.4 is 0 Å². The van der Waals surface area contributed by atoms with E-state index in [-0.39, 0.29) is 11.2 Å². The zero-order valence-corrected chi connectivity index (χ0v) is 17.0. The number of tetrazole rings is 1. The van der Waals surface area contributed by atoms with Crippen molar-refractivity contribution in [2.24, 2.45) is 11.8 Å². The maximum atomic E-state index is 12.9. The van der Waals surface area contributed by atoms with Crippen molar-refractivity contribution in [2.45, 2.75) is 51.4 Å². The molecule has 2 aromatic rings. The molecular weight excluding hydrogens is 346 g/mol. The van der Waals surface area contributed by atoms with Crippen molar-refractivity contribution >= 4 is 17.7 Å². The molecule has 0 N–H and O–H groups in total. The lowest BCUT2D eigenvalue weighted by atomic mass is 9.92. The first-order valence-corrected chi connectivity index (χ1v) is 10.0. The van der Waals surface area contributed by atoms with Gasteiger partial charge < -0.3 is 4.90 Å². The molecule has 6 nitrogen and oxygen atoms in total. The van der Waals surface area contributed by atoms with Crippen molar-refractivity contribution in [2.75, 3.05) is 13.1 Å². The average Bonchev–Trinajstić information content (AvgIpc) is 3.03. The predicted octanol–water partition coefficient (Wildman–Crippen LogP) is 3.26. The van der Waals surface area contributed by atoms with E-state index >= 15 is 0 Å². The summed E-state index contributed by atoms with van der Waals surface area (Å²) in [5, 5.41) is 12.6. The van der Waals surface area contributed by atoms with Gasteiger partial charge in [0.2, 0.25) is 11.1 Å². The van der Waals surface area contributed by atoms with Gasteiger partial charge in [-0.15, -0.1) is 5.10 Å². The molecule has 1 aliphatic rings. The lowest BCUT2D eigenvalue weighted by Crippen LogP contribution is -2.45. The zero-order valence-electron chi connectivity index (χ0n) is 16.1. The van der Waals surface area contributed by atoms with Crippen LogP contribution in [0.15, 0.2) is 23.4 Å². The van der Waals surface area contributed by atoms with Crippen LogP contribution in [0.4, 0.5) is 0 Å². The van der Waals surface area contributed by atoms with E-state index in [9.17, 15) is 4.79 Å². The number of hydrogen-bond acceptors (Lipinski definition) is 5. The molecule has 1 aliphatic heterocycles. The van der Waals surface area contributed by atoms with Gasteiger partial charge in [-0.1, -0.05) is 37.7 Å². The second-order valence-corrected chi connectivity index (χ2v) is 8.92. The number of hydrogen-bond donors (Lipinski definition) is 0. The van der Waals surface area contributed by atoms with Crippen LogP contribution >= 0.6 is 11.8 Å². The van der Waals surface area contributed by atoms with E-state index in [1.54, 1.807) is 4.68 Å². The molecule has 0 radical (unpaired) electrons. The van der Waals surface area contributed by atoms with E-state index in [0.29, 0.717) is 17.0 Å². The van der Waals surface area contributed by atoms with Gasteiger partial charge >= 0.3 is 0 Å². The summed E-state index contributed by atoms with van der Waals surface area (Å²) in [6.45, 7) is 12.1. The molecule has 1 aromatic heterocycles. The summed E-state index contributed by atoms with van der Waals surface area (Å²) in [7, 11) is 0. The highest BCUT2D eigenvalue weighted by Crippen LogP contribution is 2.28. The summed E-state index contributed by atoms with van der Waals surface area (Å²) >= 11 is 1.43. The monoisotopic (exact) mass is 373 g/mol. The second kappa shape index (κ2) is 7.78. The third-order valence-electron chi connectivity index (χ3n) is 4.84. The number of benzene rings is 1. The Morgan fingerprint density at radius 3 is 2.62 bits per heavy atom. The number of carbonyl (C=O) groups excluding carboxylic acids is 1. The Labute approximate surface area is 159 Å². The minimum Gasteiger partial charge on any atom is -0.341 e. The zero-order chi connectivity index (χ0) is 18.8. The minimum atomic E-state index is -0.220. The van der Waals surface area contributed by atoms with E-state index in [0.717, 1.165) is 29.9 Å². The fourth-order valence-corrected chi connectivity index (χ4v) is 4.54. The smallest absolute Gasteiger partial charge is 0.235 e. The molecule has 0 unspecified atom stereocenters. The van der Waals surface area contributed by atoms with Gasteiger partial charge in [-0.25, -0.2) is 0 Å². The van der Waals surface area contributed by atoms with E-state index in [1.807, 2.05) is 25.7 Å². The number of nitrogens with zero attached hydrogens (tertiary/aromatic N) is 5. The number of thioether (sulfide) groups is 1. The topological polar surface area (TPSA) is 63.9 Å². The van der Waals surface area contributed by atoms with Crippen LogP contribution in [0, 0.1) is 25.7 Å². The average molecular weight is 374 g/mol. The van der Waals surface area contributed by atoms with E-state index < -0.39 is 0 Å². The van der Waals surface area contributed by atoms with Crippen LogP contribution in [0.1, 0.15) is 38.3 Å². The van der Waals surface area contributed by atoms with Crippen molar-refractivity contribution in [3.05, 3.63) is 29.3 Å². The van der Waals surface area contributed by atoms with Crippen LogP contribution in [-0.2, 0) is 4.79 Å². The molecule has 3 rings (SSSR count). The first-order chi connectivity index (χ1) is 12.3.